The van der Waals surface area contributed by atoms with E-state index in [0.717, 1.165) is 22.9 Å². The fraction of sp³-hybridized carbons (Fsp3) is 0.296. The molecule has 11 nitrogen and oxygen atoms in total. The normalized spacial score (nSPS) is 15.3. The van der Waals surface area contributed by atoms with Crippen LogP contribution in [-0.2, 0) is 16.0 Å². The lowest BCUT2D eigenvalue weighted by Crippen LogP contribution is -2.46. The topological polar surface area (TPSA) is 181 Å². The smallest absolute Gasteiger partial charge is 0.475 e. The number of anilines is 2. The Labute approximate surface area is 232 Å². The van der Waals surface area contributed by atoms with Gasteiger partial charge in [-0.2, -0.15) is 18.4 Å². The van der Waals surface area contributed by atoms with E-state index in [0.29, 0.717) is 36.3 Å². The third-order valence-corrected chi connectivity index (χ3v) is 6.26. The lowest BCUT2D eigenvalue weighted by atomic mass is 10.0. The average Bonchev–Trinajstić information content (AvgIpc) is 3.55. The van der Waals surface area contributed by atoms with Crippen molar-refractivity contribution < 1.29 is 37.5 Å². The van der Waals surface area contributed by atoms with E-state index in [4.69, 9.17) is 15.6 Å². The zero-order valence-corrected chi connectivity index (χ0v) is 21.8. The van der Waals surface area contributed by atoms with Crippen molar-refractivity contribution in [3.63, 3.8) is 0 Å². The van der Waals surface area contributed by atoms with Crippen LogP contribution < -0.4 is 16.4 Å². The van der Waals surface area contributed by atoms with Crippen LogP contribution in [0.25, 0.3) is 10.9 Å². The lowest BCUT2D eigenvalue weighted by Gasteiger charge is -2.23. The predicted molar refractivity (Wildman–Crippen MR) is 143 cm³/mol. The molecular weight excluding hydrogens is 545 g/mol. The highest BCUT2D eigenvalue weighted by Gasteiger charge is 2.38. The first-order valence-corrected chi connectivity index (χ1v) is 12.3. The molecule has 0 bridgehead atoms. The summed E-state index contributed by atoms with van der Waals surface area (Å²) < 4.78 is 31.7. The Morgan fingerprint density at radius 1 is 1.15 bits per heavy atom. The van der Waals surface area contributed by atoms with Gasteiger partial charge in [0.1, 0.15) is 6.04 Å². The summed E-state index contributed by atoms with van der Waals surface area (Å²) in [5, 5.41) is 22.8. The van der Waals surface area contributed by atoms with Crippen molar-refractivity contribution in [2.75, 3.05) is 17.2 Å². The Morgan fingerprint density at radius 2 is 1.76 bits per heavy atom. The van der Waals surface area contributed by atoms with E-state index in [2.05, 4.69) is 21.7 Å². The molecule has 3 amide bonds. The summed E-state index contributed by atoms with van der Waals surface area (Å²) in [4.78, 5) is 50.2. The van der Waals surface area contributed by atoms with Crippen molar-refractivity contribution in [3.8, 4) is 6.07 Å². The Bertz CT molecular complexity index is 1480. The lowest BCUT2D eigenvalue weighted by molar-refractivity contribution is -0.192. The van der Waals surface area contributed by atoms with Crippen LogP contribution >= 0.6 is 0 Å². The molecule has 1 aliphatic heterocycles. The summed E-state index contributed by atoms with van der Waals surface area (Å²) in [7, 11) is 0. The number of hydrogen-bond acceptors (Lipinski definition) is 6. The van der Waals surface area contributed by atoms with E-state index >= 15 is 0 Å². The van der Waals surface area contributed by atoms with Crippen LogP contribution in [0.2, 0.25) is 0 Å². The first-order valence-electron chi connectivity index (χ1n) is 12.3. The number of alkyl halides is 3. The van der Waals surface area contributed by atoms with Gasteiger partial charge >= 0.3 is 18.2 Å². The third-order valence-electron chi connectivity index (χ3n) is 6.26. The van der Waals surface area contributed by atoms with Gasteiger partial charge in [0, 0.05) is 40.6 Å². The van der Waals surface area contributed by atoms with Gasteiger partial charge in [-0.15, -0.1) is 0 Å². The molecule has 6 N–H and O–H groups in total. The van der Waals surface area contributed by atoms with Gasteiger partial charge in [0.05, 0.1) is 12.1 Å². The van der Waals surface area contributed by atoms with Gasteiger partial charge in [-0.1, -0.05) is 0 Å². The number of nitrogens with zero attached hydrogens (tertiary/aromatic N) is 2. The van der Waals surface area contributed by atoms with E-state index in [-0.39, 0.29) is 11.7 Å². The highest BCUT2D eigenvalue weighted by Crippen LogP contribution is 2.25. The van der Waals surface area contributed by atoms with Crippen molar-refractivity contribution in [2.45, 2.75) is 44.4 Å². The second kappa shape index (κ2) is 13.0. The van der Waals surface area contributed by atoms with Crippen LogP contribution in [-0.4, -0.2) is 63.5 Å². The molecule has 2 atom stereocenters. The van der Waals surface area contributed by atoms with Crippen molar-refractivity contribution in [2.24, 2.45) is 5.73 Å². The first-order chi connectivity index (χ1) is 19.3. The molecule has 2 heterocycles. The number of nitriles is 1. The zero-order valence-electron chi connectivity index (χ0n) is 21.8. The van der Waals surface area contributed by atoms with Crippen LogP contribution in [0.5, 0.6) is 0 Å². The molecule has 0 radical (unpaired) electrons. The molecule has 1 fully saturated rings. The maximum atomic E-state index is 12.8. The quantitative estimate of drug-likeness (QED) is 0.276. The maximum absolute atomic E-state index is 12.8. The SMILES string of the molecule is CC(=O)c1ccc(NC(=O)Nc2ccc3[nH]cc(C[C@@H](N)C(=O)N4CCC[C@H]4C#N)c3c2)cc1.O=C(O)C(F)(F)F. The second-order valence-corrected chi connectivity index (χ2v) is 9.22. The molecule has 41 heavy (non-hydrogen) atoms. The number of Topliss-reactive ketones (excluding diaryl/α,β-unsaturated/α-hetero) is 1. The molecular formula is C27H27F3N6O5. The number of carbonyl (C=O) groups excluding carboxylic acids is 3. The molecule has 0 aliphatic carbocycles. The van der Waals surface area contributed by atoms with Gasteiger partial charge < -0.3 is 31.4 Å². The third kappa shape index (κ3) is 8.05. The zero-order chi connectivity index (χ0) is 30.3. The minimum atomic E-state index is -5.08. The number of nitrogens with one attached hydrogen (secondary N) is 3. The molecule has 1 saturated heterocycles. The maximum Gasteiger partial charge on any atom is 0.490 e. The van der Waals surface area contributed by atoms with Gasteiger partial charge in [-0.3, -0.25) is 9.59 Å². The number of aromatic nitrogens is 1. The fourth-order valence-electron chi connectivity index (χ4n) is 4.21. The number of fused-ring (bicyclic) bond motifs is 1. The Hall–Kier alpha value is -4.90. The molecule has 1 aliphatic rings. The van der Waals surface area contributed by atoms with E-state index in [1.54, 1.807) is 35.2 Å². The number of carboxylic acids is 1. The van der Waals surface area contributed by atoms with E-state index in [1.165, 1.54) is 6.92 Å². The number of amides is 3. The Kier molecular flexibility index (Phi) is 9.69. The summed E-state index contributed by atoms with van der Waals surface area (Å²) >= 11 is 0. The van der Waals surface area contributed by atoms with Crippen LogP contribution in [0.4, 0.5) is 29.3 Å². The van der Waals surface area contributed by atoms with Crippen LogP contribution in [0.3, 0.4) is 0 Å². The summed E-state index contributed by atoms with van der Waals surface area (Å²) in [5.41, 5.74) is 9.64. The van der Waals surface area contributed by atoms with E-state index < -0.39 is 30.3 Å². The fourth-order valence-corrected chi connectivity index (χ4v) is 4.21. The number of ketones is 1. The minimum Gasteiger partial charge on any atom is -0.475 e. The van der Waals surface area contributed by atoms with Crippen LogP contribution in [0.1, 0.15) is 35.7 Å². The standard InChI is InChI=1S/C25H26N6O3.C2HF3O2/c1-15(32)16-4-6-18(7-5-16)29-25(34)30-19-8-9-23-21(12-19)17(14-28-23)11-22(27)24(33)31-10-2-3-20(31)13-26;3-2(4,5)1(6)7/h4-9,12,14,20,22,28H,2-3,10-11,27H2,1H3,(H2,29,30,34);(H,6,7)/t20-,22+;/m0./s1. The Morgan fingerprint density at radius 3 is 2.34 bits per heavy atom. The monoisotopic (exact) mass is 572 g/mol. The first kappa shape index (κ1) is 30.6. The Balaban J connectivity index is 0.000000587. The van der Waals surface area contributed by atoms with Crippen LogP contribution in [0, 0.1) is 11.3 Å². The number of aromatic amines is 1. The second-order valence-electron chi connectivity index (χ2n) is 9.22. The number of urea groups is 1. The van der Waals surface area contributed by atoms with Crippen molar-refractivity contribution >= 4 is 46.0 Å². The van der Waals surface area contributed by atoms with Gasteiger partial charge in [-0.25, -0.2) is 9.59 Å². The molecule has 0 saturated carbocycles. The van der Waals surface area contributed by atoms with E-state index in [1.807, 2.05) is 18.3 Å². The van der Waals surface area contributed by atoms with Crippen molar-refractivity contribution in [3.05, 3.63) is 59.8 Å². The number of halogens is 3. The number of H-pyrrole nitrogens is 1. The largest absolute Gasteiger partial charge is 0.490 e. The van der Waals surface area contributed by atoms with Gasteiger partial charge in [-0.05, 0) is 74.2 Å². The summed E-state index contributed by atoms with van der Waals surface area (Å²) in [6.07, 6.45) is -1.47. The molecule has 1 aromatic heterocycles. The van der Waals surface area contributed by atoms with Gasteiger partial charge in [0.25, 0.3) is 0 Å². The van der Waals surface area contributed by atoms with Gasteiger partial charge in [0.2, 0.25) is 5.91 Å². The molecule has 14 heteroatoms. The van der Waals surface area contributed by atoms with Crippen molar-refractivity contribution in [1.82, 2.24) is 9.88 Å². The number of aliphatic carboxylic acids is 1. The number of carbonyl (C=O) groups is 4. The molecule has 3 aromatic rings. The minimum absolute atomic E-state index is 0.0432. The highest BCUT2D eigenvalue weighted by atomic mass is 19.4. The van der Waals surface area contributed by atoms with Crippen LogP contribution in [0.15, 0.2) is 48.7 Å². The summed E-state index contributed by atoms with van der Waals surface area (Å²) in [5.74, 6) is -3.02. The number of hydrogen-bond donors (Lipinski definition) is 5. The summed E-state index contributed by atoms with van der Waals surface area (Å²) in [6.45, 7) is 2.04. The predicted octanol–water partition coefficient (Wildman–Crippen LogP) is 4.03. The number of rotatable bonds is 6. The van der Waals surface area contributed by atoms with E-state index in [9.17, 15) is 32.8 Å². The van der Waals surface area contributed by atoms with Crippen molar-refractivity contribution in [1.29, 1.82) is 5.26 Å². The number of likely N-dealkylation sites (tertiary alicyclic amines) is 1. The molecule has 2 aromatic carbocycles. The number of nitrogens with two attached hydrogens (primary N) is 1. The molecule has 0 spiro atoms. The average molecular weight is 573 g/mol. The van der Waals surface area contributed by atoms with Gasteiger partial charge in [0.15, 0.2) is 5.78 Å². The molecule has 0 unspecified atom stereocenters. The summed E-state index contributed by atoms with van der Waals surface area (Å²) in [6, 6.07) is 12.7. The molecule has 216 valence electrons. The number of benzene rings is 2. The highest BCUT2D eigenvalue weighted by molar-refractivity contribution is 6.02. The number of carboxylic acid groups (broad SMARTS) is 1. The molecule has 4 rings (SSSR count).